The number of phenolic OH excluding ortho intramolecular Hbond substituents is 1. The van der Waals surface area contributed by atoms with E-state index in [9.17, 15) is 42.1 Å². The summed E-state index contributed by atoms with van der Waals surface area (Å²) in [4.78, 5) is 14.4. The SMILES string of the molecule is C[C@H]1[C@@H](CN(C)C[C@@H](O)c2cccc(O)c2)O[C@@H](c2ccc(NC(=O)c3c(F)c(F)c(F)c(F)c3F)cc2)O[C@H]1c1ccc(CO)cc1. The molecule has 1 fully saturated rings. The number of aliphatic hydroxyl groups excluding tert-OH is 2. The van der Waals surface area contributed by atoms with Crippen molar-refractivity contribution in [3.63, 3.8) is 0 Å². The summed E-state index contributed by atoms with van der Waals surface area (Å²) in [7, 11) is 1.82. The summed E-state index contributed by atoms with van der Waals surface area (Å²) in [6.07, 6.45) is -2.72. The molecule has 0 unspecified atom stereocenters. The largest absolute Gasteiger partial charge is 0.508 e. The van der Waals surface area contributed by atoms with Crippen LogP contribution in [0.2, 0.25) is 0 Å². The molecule has 48 heavy (non-hydrogen) atoms. The molecule has 1 aliphatic rings. The van der Waals surface area contributed by atoms with E-state index in [2.05, 4.69) is 5.32 Å². The van der Waals surface area contributed by atoms with E-state index in [1.54, 1.807) is 24.3 Å². The molecule has 1 aliphatic heterocycles. The van der Waals surface area contributed by atoms with Crippen LogP contribution in [0.5, 0.6) is 5.75 Å². The predicted molar refractivity (Wildman–Crippen MR) is 164 cm³/mol. The van der Waals surface area contributed by atoms with Crippen LogP contribution >= 0.6 is 0 Å². The molecule has 1 saturated heterocycles. The number of ether oxygens (including phenoxy) is 2. The van der Waals surface area contributed by atoms with Crippen LogP contribution in [0.4, 0.5) is 27.6 Å². The van der Waals surface area contributed by atoms with E-state index in [0.29, 0.717) is 17.7 Å². The standard InChI is InChI=1S/C35H33F5N2O6/c1-18-26(16-42(2)15-25(45)22-4-3-5-24(44)14-22)47-35(48-33(18)20-8-6-19(17-43)7-9-20)21-10-12-23(13-11-21)41-34(46)27-28(36)30(38)32(40)31(39)29(27)37/h3-14,18,25-26,33,35,43-45H,15-17H2,1-2H3,(H,41,46)/t18-,25+,26+,33+,35+/m0/s1. The third-order valence-corrected chi connectivity index (χ3v) is 8.23. The summed E-state index contributed by atoms with van der Waals surface area (Å²) in [6, 6.07) is 19.4. The van der Waals surface area contributed by atoms with Crippen LogP contribution in [-0.2, 0) is 16.1 Å². The van der Waals surface area contributed by atoms with Gasteiger partial charge in [-0.2, -0.15) is 0 Å². The van der Waals surface area contributed by atoms with Crippen molar-refractivity contribution in [1.29, 1.82) is 0 Å². The number of aliphatic hydroxyl groups is 2. The van der Waals surface area contributed by atoms with Crippen molar-refractivity contribution in [2.45, 2.75) is 38.1 Å². The van der Waals surface area contributed by atoms with Crippen LogP contribution in [0.3, 0.4) is 0 Å². The van der Waals surface area contributed by atoms with Gasteiger partial charge < -0.3 is 35.0 Å². The number of amides is 1. The first-order chi connectivity index (χ1) is 22.9. The van der Waals surface area contributed by atoms with Gasteiger partial charge >= 0.3 is 0 Å². The van der Waals surface area contributed by atoms with Gasteiger partial charge in [0.15, 0.2) is 29.6 Å². The number of halogens is 5. The Morgan fingerprint density at radius 3 is 2.08 bits per heavy atom. The van der Waals surface area contributed by atoms with E-state index >= 15 is 0 Å². The zero-order valence-electron chi connectivity index (χ0n) is 25.8. The highest BCUT2D eigenvalue weighted by molar-refractivity contribution is 6.04. The molecule has 0 radical (unpaired) electrons. The number of carbonyl (C=O) groups excluding carboxylic acids is 1. The van der Waals surface area contributed by atoms with Gasteiger partial charge in [-0.1, -0.05) is 55.5 Å². The lowest BCUT2D eigenvalue weighted by atomic mass is 9.90. The minimum absolute atomic E-state index is 0.00484. The van der Waals surface area contributed by atoms with E-state index in [0.717, 1.165) is 11.1 Å². The van der Waals surface area contributed by atoms with Crippen molar-refractivity contribution in [1.82, 2.24) is 4.90 Å². The predicted octanol–water partition coefficient (Wildman–Crippen LogP) is 6.29. The topological polar surface area (TPSA) is 111 Å². The first kappa shape index (κ1) is 34.9. The smallest absolute Gasteiger partial charge is 0.261 e. The van der Waals surface area contributed by atoms with Gasteiger partial charge in [0.05, 0.1) is 24.9 Å². The van der Waals surface area contributed by atoms with Crippen LogP contribution in [-0.4, -0.2) is 52.4 Å². The zero-order chi connectivity index (χ0) is 34.7. The highest BCUT2D eigenvalue weighted by Gasteiger charge is 2.39. The van der Waals surface area contributed by atoms with Gasteiger partial charge in [0.25, 0.3) is 5.91 Å². The van der Waals surface area contributed by atoms with Crippen molar-refractivity contribution in [2.24, 2.45) is 5.92 Å². The molecule has 5 rings (SSSR count). The van der Waals surface area contributed by atoms with Gasteiger partial charge in [-0.15, -0.1) is 0 Å². The fourth-order valence-electron chi connectivity index (χ4n) is 5.56. The Morgan fingerprint density at radius 2 is 1.48 bits per heavy atom. The number of likely N-dealkylation sites (N-methyl/N-ethyl adjacent to an activating group) is 1. The molecule has 4 aromatic carbocycles. The van der Waals surface area contributed by atoms with E-state index < -0.39 is 65.2 Å². The molecule has 4 N–H and O–H groups in total. The number of hydrogen-bond donors (Lipinski definition) is 4. The summed E-state index contributed by atoms with van der Waals surface area (Å²) >= 11 is 0. The molecule has 254 valence electrons. The molecule has 0 aromatic heterocycles. The van der Waals surface area contributed by atoms with Gasteiger partial charge in [0.2, 0.25) is 5.82 Å². The molecule has 1 heterocycles. The number of benzene rings is 4. The molecule has 13 heteroatoms. The summed E-state index contributed by atoms with van der Waals surface area (Å²) in [5.41, 5.74) is 0.989. The summed E-state index contributed by atoms with van der Waals surface area (Å²) in [5, 5.41) is 32.2. The minimum Gasteiger partial charge on any atom is -0.508 e. The lowest BCUT2D eigenvalue weighted by molar-refractivity contribution is -0.276. The van der Waals surface area contributed by atoms with E-state index in [1.807, 2.05) is 31.0 Å². The highest BCUT2D eigenvalue weighted by Crippen LogP contribution is 2.42. The van der Waals surface area contributed by atoms with Crippen LogP contribution in [0.25, 0.3) is 0 Å². The Morgan fingerprint density at radius 1 is 0.875 bits per heavy atom. The monoisotopic (exact) mass is 672 g/mol. The molecule has 8 nitrogen and oxygen atoms in total. The van der Waals surface area contributed by atoms with Crippen molar-refractivity contribution in [2.75, 3.05) is 25.5 Å². The normalized spacial score (nSPS) is 20.1. The van der Waals surface area contributed by atoms with E-state index in [1.165, 1.54) is 36.4 Å². The number of rotatable bonds is 10. The average Bonchev–Trinajstić information content (AvgIpc) is 3.08. The van der Waals surface area contributed by atoms with Gasteiger partial charge in [0.1, 0.15) is 11.3 Å². The number of carbonyl (C=O) groups is 1. The number of nitrogens with zero attached hydrogens (tertiary/aromatic N) is 1. The molecule has 0 saturated carbocycles. The van der Waals surface area contributed by atoms with Crippen molar-refractivity contribution in [3.8, 4) is 5.75 Å². The number of aromatic hydroxyl groups is 1. The summed E-state index contributed by atoms with van der Waals surface area (Å²) in [6.45, 7) is 2.44. The van der Waals surface area contributed by atoms with Crippen molar-refractivity contribution < 1.29 is 51.5 Å². The lowest BCUT2D eigenvalue weighted by Crippen LogP contribution is -2.44. The van der Waals surface area contributed by atoms with E-state index in [-0.39, 0.29) is 30.5 Å². The molecule has 4 aromatic rings. The number of hydrogen-bond acceptors (Lipinski definition) is 7. The fraction of sp³-hybridized carbons (Fsp3) is 0.286. The average molecular weight is 673 g/mol. The molecular formula is C35H33F5N2O6. The number of nitrogens with one attached hydrogen (secondary N) is 1. The van der Waals surface area contributed by atoms with Crippen LogP contribution in [0, 0.1) is 35.0 Å². The molecule has 0 bridgehead atoms. The molecule has 1 amide bonds. The Kier molecular flexibility index (Phi) is 10.8. The Balaban J connectivity index is 1.35. The second-order valence-electron chi connectivity index (χ2n) is 11.7. The molecule has 0 aliphatic carbocycles. The highest BCUT2D eigenvalue weighted by atomic mass is 19.2. The molecule has 0 spiro atoms. The van der Waals surface area contributed by atoms with Gasteiger partial charge in [-0.3, -0.25) is 4.79 Å². The quantitative estimate of drug-likeness (QED) is 0.0891. The first-order valence-corrected chi connectivity index (χ1v) is 15.0. The Bertz CT molecular complexity index is 1730. The third-order valence-electron chi connectivity index (χ3n) is 8.23. The number of anilines is 1. The van der Waals surface area contributed by atoms with Crippen molar-refractivity contribution in [3.05, 3.63) is 130 Å². The minimum atomic E-state index is -2.37. The zero-order valence-corrected chi connectivity index (χ0v) is 25.8. The maximum Gasteiger partial charge on any atom is 0.261 e. The maximum atomic E-state index is 14.2. The Labute approximate surface area is 273 Å². The lowest BCUT2D eigenvalue weighted by Gasteiger charge is -2.42. The van der Waals surface area contributed by atoms with Crippen LogP contribution in [0.1, 0.15) is 58.0 Å². The third kappa shape index (κ3) is 7.50. The van der Waals surface area contributed by atoms with E-state index in [4.69, 9.17) is 9.47 Å². The summed E-state index contributed by atoms with van der Waals surface area (Å²) < 4.78 is 81.8. The summed E-state index contributed by atoms with van der Waals surface area (Å²) in [5.74, 6) is -13.0. The van der Waals surface area contributed by atoms with Crippen molar-refractivity contribution >= 4 is 11.6 Å². The van der Waals surface area contributed by atoms with Gasteiger partial charge in [-0.05, 0) is 48.0 Å². The Hall–Kier alpha value is -4.40. The maximum absolute atomic E-state index is 14.2. The number of phenols is 1. The second kappa shape index (κ2) is 14.8. The molecule has 5 atom stereocenters. The van der Waals surface area contributed by atoms with Crippen LogP contribution < -0.4 is 5.32 Å². The molecular weight excluding hydrogens is 639 g/mol. The van der Waals surface area contributed by atoms with Gasteiger partial charge in [-0.25, -0.2) is 22.0 Å². The first-order valence-electron chi connectivity index (χ1n) is 15.0. The fourth-order valence-corrected chi connectivity index (χ4v) is 5.56. The van der Waals surface area contributed by atoms with Gasteiger partial charge in [0, 0.05) is 30.3 Å². The second-order valence-corrected chi connectivity index (χ2v) is 11.7. The van der Waals surface area contributed by atoms with Crippen LogP contribution in [0.15, 0.2) is 72.8 Å².